The SMILES string of the molecule is CN(C)C(=O)c1cc2c(s1)CC[C@H](C(=O)Nc1ccccc1F)C2. The van der Waals surface area contributed by atoms with Crippen molar-refractivity contribution in [2.45, 2.75) is 19.3 Å². The van der Waals surface area contributed by atoms with Gasteiger partial charge in [0.2, 0.25) is 5.91 Å². The average molecular weight is 346 g/mol. The van der Waals surface area contributed by atoms with Crippen molar-refractivity contribution in [2.24, 2.45) is 5.92 Å². The van der Waals surface area contributed by atoms with Crippen molar-refractivity contribution in [3.63, 3.8) is 0 Å². The highest BCUT2D eigenvalue weighted by Gasteiger charge is 2.28. The minimum Gasteiger partial charge on any atom is -0.344 e. The van der Waals surface area contributed by atoms with Gasteiger partial charge in [-0.1, -0.05) is 12.1 Å². The molecule has 1 atom stereocenters. The molecule has 1 aliphatic carbocycles. The lowest BCUT2D eigenvalue weighted by molar-refractivity contribution is -0.120. The molecule has 1 heterocycles. The molecule has 0 saturated carbocycles. The molecule has 0 bridgehead atoms. The molecule has 1 aromatic carbocycles. The van der Waals surface area contributed by atoms with Crippen LogP contribution < -0.4 is 5.32 Å². The molecule has 0 spiro atoms. The van der Waals surface area contributed by atoms with Gasteiger partial charge in [0.25, 0.3) is 5.91 Å². The molecule has 1 N–H and O–H groups in total. The molecule has 0 radical (unpaired) electrons. The van der Waals surface area contributed by atoms with Crippen molar-refractivity contribution in [1.29, 1.82) is 0 Å². The smallest absolute Gasteiger partial charge is 0.263 e. The highest BCUT2D eigenvalue weighted by Crippen LogP contribution is 2.33. The molecule has 2 aromatic rings. The minimum absolute atomic E-state index is 0.0123. The summed E-state index contributed by atoms with van der Waals surface area (Å²) in [5.41, 5.74) is 1.27. The van der Waals surface area contributed by atoms with Crippen LogP contribution in [0.15, 0.2) is 30.3 Å². The topological polar surface area (TPSA) is 49.4 Å². The first-order valence-electron chi connectivity index (χ1n) is 7.84. The van der Waals surface area contributed by atoms with Gasteiger partial charge in [-0.2, -0.15) is 0 Å². The molecule has 24 heavy (non-hydrogen) atoms. The zero-order chi connectivity index (χ0) is 17.3. The quantitative estimate of drug-likeness (QED) is 0.927. The summed E-state index contributed by atoms with van der Waals surface area (Å²) in [5.74, 6) is -0.815. The van der Waals surface area contributed by atoms with Crippen LogP contribution in [0.25, 0.3) is 0 Å². The lowest BCUT2D eigenvalue weighted by Crippen LogP contribution is -2.27. The number of amides is 2. The number of thiophene rings is 1. The Labute approximate surface area is 144 Å². The molecular weight excluding hydrogens is 327 g/mol. The van der Waals surface area contributed by atoms with E-state index in [0.29, 0.717) is 17.7 Å². The number of rotatable bonds is 3. The molecule has 0 saturated heterocycles. The van der Waals surface area contributed by atoms with Crippen LogP contribution in [0.1, 0.15) is 26.5 Å². The van der Waals surface area contributed by atoms with Crippen LogP contribution in [0, 0.1) is 11.7 Å². The molecule has 2 amide bonds. The van der Waals surface area contributed by atoms with Gasteiger partial charge in [0.1, 0.15) is 5.82 Å². The van der Waals surface area contributed by atoms with E-state index >= 15 is 0 Å². The first-order chi connectivity index (χ1) is 11.5. The Morgan fingerprint density at radius 2 is 2.04 bits per heavy atom. The van der Waals surface area contributed by atoms with Crippen LogP contribution in [0.5, 0.6) is 0 Å². The lowest BCUT2D eigenvalue weighted by atomic mass is 9.87. The predicted octanol–water partition coefficient (Wildman–Crippen LogP) is 3.33. The number of halogens is 1. The van der Waals surface area contributed by atoms with Crippen molar-refractivity contribution in [3.05, 3.63) is 51.5 Å². The first kappa shape index (κ1) is 16.6. The Balaban J connectivity index is 1.72. The molecule has 0 fully saturated rings. The maximum Gasteiger partial charge on any atom is 0.263 e. The van der Waals surface area contributed by atoms with Crippen molar-refractivity contribution in [3.8, 4) is 0 Å². The Morgan fingerprint density at radius 1 is 1.29 bits per heavy atom. The number of nitrogens with zero attached hydrogens (tertiary/aromatic N) is 1. The van der Waals surface area contributed by atoms with Gasteiger partial charge in [-0.05, 0) is 43.0 Å². The highest BCUT2D eigenvalue weighted by atomic mass is 32.1. The Kier molecular flexibility index (Phi) is 4.66. The predicted molar refractivity (Wildman–Crippen MR) is 92.9 cm³/mol. The van der Waals surface area contributed by atoms with Gasteiger partial charge >= 0.3 is 0 Å². The van der Waals surface area contributed by atoms with Crippen LogP contribution >= 0.6 is 11.3 Å². The second kappa shape index (κ2) is 6.73. The highest BCUT2D eigenvalue weighted by molar-refractivity contribution is 7.14. The van der Waals surface area contributed by atoms with Gasteiger partial charge in [0.15, 0.2) is 0 Å². The van der Waals surface area contributed by atoms with Crippen molar-refractivity contribution < 1.29 is 14.0 Å². The molecule has 6 heteroatoms. The van der Waals surface area contributed by atoms with E-state index in [-0.39, 0.29) is 23.4 Å². The normalized spacial score (nSPS) is 16.4. The van der Waals surface area contributed by atoms with Crippen LogP contribution in [0.3, 0.4) is 0 Å². The zero-order valence-electron chi connectivity index (χ0n) is 13.6. The largest absolute Gasteiger partial charge is 0.344 e. The van der Waals surface area contributed by atoms with Crippen LogP contribution in [0.2, 0.25) is 0 Å². The lowest BCUT2D eigenvalue weighted by Gasteiger charge is -2.21. The van der Waals surface area contributed by atoms with E-state index in [2.05, 4.69) is 5.32 Å². The standard InChI is InChI=1S/C18H19FN2O2S/c1-21(2)18(23)16-10-12-9-11(7-8-15(12)24-16)17(22)20-14-6-4-3-5-13(14)19/h3-6,10-11H,7-9H2,1-2H3,(H,20,22)/t11-/m0/s1. The molecular formula is C18H19FN2O2S. The number of anilines is 1. The molecule has 1 aliphatic rings. The number of hydrogen-bond acceptors (Lipinski definition) is 3. The molecule has 4 nitrogen and oxygen atoms in total. The van der Waals surface area contributed by atoms with Crippen LogP contribution in [0.4, 0.5) is 10.1 Å². The van der Waals surface area contributed by atoms with E-state index in [1.54, 1.807) is 37.2 Å². The summed E-state index contributed by atoms with van der Waals surface area (Å²) in [7, 11) is 3.46. The number of carbonyl (C=O) groups excluding carboxylic acids is 2. The van der Waals surface area contributed by atoms with E-state index in [1.165, 1.54) is 22.3 Å². The summed E-state index contributed by atoms with van der Waals surface area (Å²) in [6.07, 6.45) is 2.08. The number of benzene rings is 1. The number of aryl methyl sites for hydroxylation is 1. The summed E-state index contributed by atoms with van der Waals surface area (Å²) >= 11 is 1.51. The number of nitrogens with one attached hydrogen (secondary N) is 1. The number of para-hydroxylation sites is 1. The minimum atomic E-state index is -0.434. The Morgan fingerprint density at radius 3 is 2.75 bits per heavy atom. The Bertz CT molecular complexity index is 785. The van der Waals surface area contributed by atoms with Gasteiger partial charge in [0, 0.05) is 24.9 Å². The van der Waals surface area contributed by atoms with Crippen LogP contribution in [-0.2, 0) is 17.6 Å². The maximum atomic E-state index is 13.7. The van der Waals surface area contributed by atoms with Crippen molar-refractivity contribution >= 4 is 28.8 Å². The van der Waals surface area contributed by atoms with E-state index in [0.717, 1.165) is 12.0 Å². The maximum absolute atomic E-state index is 13.7. The Hall–Kier alpha value is -2.21. The van der Waals surface area contributed by atoms with E-state index < -0.39 is 5.82 Å². The van der Waals surface area contributed by atoms with E-state index in [1.807, 2.05) is 6.07 Å². The second-order valence-corrected chi connectivity index (χ2v) is 7.30. The number of carbonyl (C=O) groups is 2. The fraction of sp³-hybridized carbons (Fsp3) is 0.333. The van der Waals surface area contributed by atoms with Gasteiger partial charge in [-0.3, -0.25) is 9.59 Å². The van der Waals surface area contributed by atoms with Gasteiger partial charge in [-0.25, -0.2) is 4.39 Å². The number of hydrogen-bond donors (Lipinski definition) is 1. The molecule has 1 aromatic heterocycles. The van der Waals surface area contributed by atoms with E-state index in [9.17, 15) is 14.0 Å². The monoisotopic (exact) mass is 346 g/mol. The molecule has 3 rings (SSSR count). The molecule has 0 aliphatic heterocycles. The van der Waals surface area contributed by atoms with Gasteiger partial charge in [-0.15, -0.1) is 11.3 Å². The van der Waals surface area contributed by atoms with Gasteiger partial charge in [0.05, 0.1) is 10.6 Å². The second-order valence-electron chi connectivity index (χ2n) is 6.17. The summed E-state index contributed by atoms with van der Waals surface area (Å²) in [4.78, 5) is 27.9. The fourth-order valence-electron chi connectivity index (χ4n) is 2.87. The third kappa shape index (κ3) is 3.33. The summed E-state index contributed by atoms with van der Waals surface area (Å²) in [6, 6.07) is 8.06. The van der Waals surface area contributed by atoms with Crippen LogP contribution in [-0.4, -0.2) is 30.8 Å². The molecule has 0 unspecified atom stereocenters. The number of fused-ring (bicyclic) bond motifs is 1. The summed E-state index contributed by atoms with van der Waals surface area (Å²) in [6.45, 7) is 0. The first-order valence-corrected chi connectivity index (χ1v) is 8.66. The summed E-state index contributed by atoms with van der Waals surface area (Å²) in [5, 5.41) is 2.67. The third-order valence-corrected chi connectivity index (χ3v) is 5.43. The summed E-state index contributed by atoms with van der Waals surface area (Å²) < 4.78 is 13.7. The average Bonchev–Trinajstić information content (AvgIpc) is 2.99. The third-order valence-electron chi connectivity index (χ3n) is 4.20. The van der Waals surface area contributed by atoms with Gasteiger partial charge < -0.3 is 10.2 Å². The van der Waals surface area contributed by atoms with E-state index in [4.69, 9.17) is 0 Å². The van der Waals surface area contributed by atoms with Crippen molar-refractivity contribution in [1.82, 2.24) is 4.90 Å². The zero-order valence-corrected chi connectivity index (χ0v) is 14.5. The fourth-order valence-corrected chi connectivity index (χ4v) is 4.10. The van der Waals surface area contributed by atoms with Crippen molar-refractivity contribution in [2.75, 3.05) is 19.4 Å². The molecule has 126 valence electrons.